The summed E-state index contributed by atoms with van der Waals surface area (Å²) >= 11 is 0. The van der Waals surface area contributed by atoms with Crippen molar-refractivity contribution >= 4 is 11.6 Å². The molecule has 0 aromatic carbocycles. The Kier molecular flexibility index (Phi) is 4.08. The highest BCUT2D eigenvalue weighted by Gasteiger charge is 2.29. The SMILES string of the molecule is CCCC1CCN(c2cc(NCC)nc(C3CC3)n2)C1. The Balaban J connectivity index is 1.77. The number of hydrogen-bond acceptors (Lipinski definition) is 4. The molecule has 4 nitrogen and oxygen atoms in total. The van der Waals surface area contributed by atoms with Gasteiger partial charge in [-0.2, -0.15) is 0 Å². The Labute approximate surface area is 122 Å². The first-order valence-corrected chi connectivity index (χ1v) is 8.18. The van der Waals surface area contributed by atoms with Gasteiger partial charge >= 0.3 is 0 Å². The Morgan fingerprint density at radius 1 is 1.25 bits per heavy atom. The maximum atomic E-state index is 4.83. The Hall–Kier alpha value is -1.32. The molecule has 2 fully saturated rings. The van der Waals surface area contributed by atoms with Gasteiger partial charge in [0.1, 0.15) is 17.5 Å². The summed E-state index contributed by atoms with van der Waals surface area (Å²) in [4.78, 5) is 11.9. The topological polar surface area (TPSA) is 41.0 Å². The van der Waals surface area contributed by atoms with Gasteiger partial charge in [-0.1, -0.05) is 13.3 Å². The maximum absolute atomic E-state index is 4.83. The number of anilines is 2. The van der Waals surface area contributed by atoms with Crippen LogP contribution in [0.15, 0.2) is 6.07 Å². The number of nitrogens with one attached hydrogen (secondary N) is 1. The van der Waals surface area contributed by atoms with Gasteiger partial charge in [-0.25, -0.2) is 9.97 Å². The molecule has 0 radical (unpaired) electrons. The Morgan fingerprint density at radius 2 is 2.10 bits per heavy atom. The second-order valence-electron chi connectivity index (χ2n) is 6.16. The molecule has 0 spiro atoms. The molecule has 1 saturated carbocycles. The highest BCUT2D eigenvalue weighted by atomic mass is 15.2. The lowest BCUT2D eigenvalue weighted by Gasteiger charge is -2.19. The minimum Gasteiger partial charge on any atom is -0.370 e. The lowest BCUT2D eigenvalue weighted by Crippen LogP contribution is -2.22. The molecule has 3 rings (SSSR count). The molecule has 1 atom stereocenters. The fourth-order valence-electron chi connectivity index (χ4n) is 3.10. The van der Waals surface area contributed by atoms with E-state index >= 15 is 0 Å². The van der Waals surface area contributed by atoms with E-state index in [-0.39, 0.29) is 0 Å². The van der Waals surface area contributed by atoms with Gasteiger partial charge in [0.05, 0.1) is 0 Å². The van der Waals surface area contributed by atoms with Crippen LogP contribution < -0.4 is 10.2 Å². The molecular weight excluding hydrogens is 248 g/mol. The lowest BCUT2D eigenvalue weighted by molar-refractivity contribution is 0.529. The molecule has 110 valence electrons. The second kappa shape index (κ2) is 5.98. The van der Waals surface area contributed by atoms with Gasteiger partial charge in [-0.3, -0.25) is 0 Å². The third-order valence-electron chi connectivity index (χ3n) is 4.34. The zero-order valence-corrected chi connectivity index (χ0v) is 12.7. The van der Waals surface area contributed by atoms with Crippen LogP contribution in [-0.2, 0) is 0 Å². The van der Waals surface area contributed by atoms with E-state index in [4.69, 9.17) is 4.98 Å². The molecule has 1 aromatic heterocycles. The third-order valence-corrected chi connectivity index (χ3v) is 4.34. The van der Waals surface area contributed by atoms with Gasteiger partial charge in [0.2, 0.25) is 0 Å². The molecule has 0 bridgehead atoms. The summed E-state index contributed by atoms with van der Waals surface area (Å²) in [5.74, 6) is 4.65. The highest BCUT2D eigenvalue weighted by Crippen LogP contribution is 2.39. The van der Waals surface area contributed by atoms with Crippen molar-refractivity contribution in [2.45, 2.75) is 51.9 Å². The fraction of sp³-hybridized carbons (Fsp3) is 0.750. The first kappa shape index (κ1) is 13.7. The number of aromatic nitrogens is 2. The molecule has 1 saturated heterocycles. The van der Waals surface area contributed by atoms with Gasteiger partial charge in [-0.05, 0) is 38.5 Å². The standard InChI is InChI=1S/C16H26N4/c1-3-5-12-8-9-20(11-12)15-10-14(17-4-2)18-16(19-15)13-6-7-13/h10,12-13H,3-9,11H2,1-2H3,(H,17,18,19). The summed E-state index contributed by atoms with van der Waals surface area (Å²) < 4.78 is 0. The summed E-state index contributed by atoms with van der Waals surface area (Å²) in [5.41, 5.74) is 0. The first-order chi connectivity index (χ1) is 9.80. The monoisotopic (exact) mass is 274 g/mol. The summed E-state index contributed by atoms with van der Waals surface area (Å²) in [5, 5.41) is 3.35. The smallest absolute Gasteiger partial charge is 0.136 e. The van der Waals surface area contributed by atoms with Crippen LogP contribution in [0.1, 0.15) is 57.7 Å². The van der Waals surface area contributed by atoms with Gasteiger partial charge < -0.3 is 10.2 Å². The quantitative estimate of drug-likeness (QED) is 0.863. The van der Waals surface area contributed by atoms with Gasteiger partial charge in [0, 0.05) is 31.6 Å². The van der Waals surface area contributed by atoms with Crippen molar-refractivity contribution in [3.63, 3.8) is 0 Å². The molecule has 1 N–H and O–H groups in total. The largest absolute Gasteiger partial charge is 0.370 e. The summed E-state index contributed by atoms with van der Waals surface area (Å²) in [6, 6.07) is 2.13. The summed E-state index contributed by atoms with van der Waals surface area (Å²) in [6.45, 7) is 7.63. The van der Waals surface area contributed by atoms with Crippen molar-refractivity contribution < 1.29 is 0 Å². The molecule has 1 aliphatic heterocycles. The highest BCUT2D eigenvalue weighted by molar-refractivity contribution is 5.50. The summed E-state index contributed by atoms with van der Waals surface area (Å²) in [7, 11) is 0. The first-order valence-electron chi connectivity index (χ1n) is 8.18. The molecule has 2 heterocycles. The molecular formula is C16H26N4. The zero-order chi connectivity index (χ0) is 13.9. The maximum Gasteiger partial charge on any atom is 0.136 e. The van der Waals surface area contributed by atoms with Crippen molar-refractivity contribution in [3.05, 3.63) is 11.9 Å². The van der Waals surface area contributed by atoms with E-state index in [1.807, 2.05) is 0 Å². The van der Waals surface area contributed by atoms with E-state index in [0.717, 1.165) is 36.5 Å². The average Bonchev–Trinajstić information content (AvgIpc) is 3.20. The van der Waals surface area contributed by atoms with Crippen LogP contribution in [0.25, 0.3) is 0 Å². The zero-order valence-electron chi connectivity index (χ0n) is 12.7. The number of rotatable bonds is 6. The van der Waals surface area contributed by atoms with Crippen molar-refractivity contribution in [2.75, 3.05) is 29.9 Å². The Bertz CT molecular complexity index is 456. The van der Waals surface area contributed by atoms with Crippen LogP contribution in [0.4, 0.5) is 11.6 Å². The van der Waals surface area contributed by atoms with Gasteiger partial charge in [-0.15, -0.1) is 0 Å². The van der Waals surface area contributed by atoms with Crippen LogP contribution in [0.3, 0.4) is 0 Å². The predicted octanol–water partition coefficient (Wildman–Crippen LogP) is 3.41. The molecule has 2 aliphatic rings. The number of hydrogen-bond donors (Lipinski definition) is 1. The van der Waals surface area contributed by atoms with E-state index in [2.05, 4.69) is 35.1 Å². The van der Waals surface area contributed by atoms with Crippen molar-refractivity contribution in [2.24, 2.45) is 5.92 Å². The molecule has 1 unspecified atom stereocenters. The molecule has 4 heteroatoms. The summed E-state index contributed by atoms with van der Waals surface area (Å²) in [6.07, 6.45) is 6.46. The van der Waals surface area contributed by atoms with E-state index in [1.165, 1.54) is 38.6 Å². The number of nitrogens with zero attached hydrogens (tertiary/aromatic N) is 3. The van der Waals surface area contributed by atoms with Gasteiger partial charge in [0.25, 0.3) is 0 Å². The normalized spacial score (nSPS) is 22.3. The van der Waals surface area contributed by atoms with E-state index in [1.54, 1.807) is 0 Å². The molecule has 1 aromatic rings. The van der Waals surface area contributed by atoms with E-state index in [9.17, 15) is 0 Å². The van der Waals surface area contributed by atoms with E-state index in [0.29, 0.717) is 5.92 Å². The lowest BCUT2D eigenvalue weighted by atomic mass is 10.0. The van der Waals surface area contributed by atoms with Gasteiger partial charge in [0.15, 0.2) is 0 Å². The average molecular weight is 274 g/mol. The predicted molar refractivity (Wildman–Crippen MR) is 83.4 cm³/mol. The van der Waals surface area contributed by atoms with E-state index < -0.39 is 0 Å². The second-order valence-corrected chi connectivity index (χ2v) is 6.16. The fourth-order valence-corrected chi connectivity index (χ4v) is 3.10. The van der Waals surface area contributed by atoms with Crippen LogP contribution >= 0.6 is 0 Å². The minimum absolute atomic E-state index is 0.612. The molecule has 0 amide bonds. The molecule has 20 heavy (non-hydrogen) atoms. The molecule has 1 aliphatic carbocycles. The van der Waals surface area contributed by atoms with Crippen molar-refractivity contribution in [3.8, 4) is 0 Å². The minimum atomic E-state index is 0.612. The Morgan fingerprint density at radius 3 is 2.80 bits per heavy atom. The third kappa shape index (κ3) is 3.05. The van der Waals surface area contributed by atoms with Crippen molar-refractivity contribution in [1.29, 1.82) is 0 Å². The van der Waals surface area contributed by atoms with Crippen molar-refractivity contribution in [1.82, 2.24) is 9.97 Å². The van der Waals surface area contributed by atoms with Crippen LogP contribution in [0, 0.1) is 5.92 Å². The van der Waals surface area contributed by atoms with Crippen LogP contribution in [0.2, 0.25) is 0 Å². The van der Waals surface area contributed by atoms with Crippen LogP contribution in [0.5, 0.6) is 0 Å². The van der Waals surface area contributed by atoms with Crippen LogP contribution in [-0.4, -0.2) is 29.6 Å².